The molecule has 2 aromatic rings. The van der Waals surface area contributed by atoms with E-state index in [1.165, 1.54) is 22.9 Å². The van der Waals surface area contributed by atoms with E-state index in [-0.39, 0.29) is 15.7 Å². The standard InChI is InChI=1S/C11H12Cl2N4O2S/c1-6-10(11(14)15-17(6)2)20(18,19)16-7-3-4-8(12)9(13)5-7/h3-5,16H,1-2H3,(H2,14,15). The average molecular weight is 335 g/mol. The van der Waals surface area contributed by atoms with Gasteiger partial charge in [0, 0.05) is 7.05 Å². The van der Waals surface area contributed by atoms with E-state index in [4.69, 9.17) is 28.9 Å². The number of halogens is 2. The largest absolute Gasteiger partial charge is 0.381 e. The number of benzene rings is 1. The molecule has 3 N–H and O–H groups in total. The van der Waals surface area contributed by atoms with Crippen molar-refractivity contribution < 1.29 is 8.42 Å². The summed E-state index contributed by atoms with van der Waals surface area (Å²) in [4.78, 5) is -0.0499. The summed E-state index contributed by atoms with van der Waals surface area (Å²) >= 11 is 11.6. The molecule has 0 bridgehead atoms. The van der Waals surface area contributed by atoms with Gasteiger partial charge < -0.3 is 5.73 Å². The molecule has 0 fully saturated rings. The van der Waals surface area contributed by atoms with Gasteiger partial charge in [0.1, 0.15) is 0 Å². The molecule has 0 atom stereocenters. The lowest BCUT2D eigenvalue weighted by Crippen LogP contribution is -2.15. The Balaban J connectivity index is 2.43. The van der Waals surface area contributed by atoms with E-state index in [0.717, 1.165) is 0 Å². The number of anilines is 2. The van der Waals surface area contributed by atoms with E-state index >= 15 is 0 Å². The van der Waals surface area contributed by atoms with E-state index in [0.29, 0.717) is 16.4 Å². The highest BCUT2D eigenvalue weighted by molar-refractivity contribution is 7.93. The maximum absolute atomic E-state index is 12.3. The molecule has 0 spiro atoms. The van der Waals surface area contributed by atoms with Crippen LogP contribution in [0.2, 0.25) is 10.0 Å². The highest BCUT2D eigenvalue weighted by Gasteiger charge is 2.24. The van der Waals surface area contributed by atoms with Crippen LogP contribution < -0.4 is 10.5 Å². The van der Waals surface area contributed by atoms with Crippen molar-refractivity contribution in [1.82, 2.24) is 9.78 Å². The van der Waals surface area contributed by atoms with Crippen molar-refractivity contribution >= 4 is 44.7 Å². The number of hydrogen-bond donors (Lipinski definition) is 2. The quantitative estimate of drug-likeness (QED) is 0.901. The van der Waals surface area contributed by atoms with Crippen LogP contribution in [0.5, 0.6) is 0 Å². The van der Waals surface area contributed by atoms with Gasteiger partial charge in [-0.15, -0.1) is 0 Å². The lowest BCUT2D eigenvalue weighted by atomic mass is 10.3. The van der Waals surface area contributed by atoms with Crippen molar-refractivity contribution in [2.75, 3.05) is 10.5 Å². The number of rotatable bonds is 3. The Morgan fingerprint density at radius 3 is 2.45 bits per heavy atom. The molecule has 6 nitrogen and oxygen atoms in total. The SMILES string of the molecule is Cc1c(S(=O)(=O)Nc2ccc(Cl)c(Cl)c2)c(N)nn1C. The van der Waals surface area contributed by atoms with E-state index in [1.54, 1.807) is 14.0 Å². The summed E-state index contributed by atoms with van der Waals surface area (Å²) in [6.45, 7) is 1.62. The fraction of sp³-hybridized carbons (Fsp3) is 0.182. The van der Waals surface area contributed by atoms with Crippen LogP contribution in [0.4, 0.5) is 11.5 Å². The molecule has 1 heterocycles. The van der Waals surface area contributed by atoms with Crippen molar-refractivity contribution in [3.8, 4) is 0 Å². The van der Waals surface area contributed by atoms with Crippen LogP contribution in [0.15, 0.2) is 23.1 Å². The number of sulfonamides is 1. The maximum atomic E-state index is 12.3. The van der Waals surface area contributed by atoms with Gasteiger partial charge in [-0.2, -0.15) is 5.10 Å². The normalized spacial score (nSPS) is 11.6. The molecule has 1 aromatic carbocycles. The third-order valence-electron chi connectivity index (χ3n) is 2.74. The highest BCUT2D eigenvalue weighted by atomic mass is 35.5. The van der Waals surface area contributed by atoms with Crippen molar-refractivity contribution in [3.05, 3.63) is 33.9 Å². The van der Waals surface area contributed by atoms with Crippen molar-refractivity contribution in [3.63, 3.8) is 0 Å². The number of aryl methyl sites for hydroxylation is 1. The van der Waals surface area contributed by atoms with Gasteiger partial charge in [0.2, 0.25) is 0 Å². The van der Waals surface area contributed by atoms with E-state index in [2.05, 4.69) is 9.82 Å². The second kappa shape index (κ2) is 5.16. The first-order valence-corrected chi connectivity index (χ1v) is 7.73. The molecule has 0 aliphatic heterocycles. The Hall–Kier alpha value is -1.44. The molecule has 0 radical (unpaired) electrons. The van der Waals surface area contributed by atoms with E-state index in [9.17, 15) is 8.42 Å². The molecule has 0 saturated carbocycles. The van der Waals surface area contributed by atoms with Gasteiger partial charge in [-0.3, -0.25) is 9.40 Å². The lowest BCUT2D eigenvalue weighted by molar-refractivity contribution is 0.600. The number of aromatic nitrogens is 2. The molecule has 20 heavy (non-hydrogen) atoms. The molecule has 0 aliphatic rings. The van der Waals surface area contributed by atoms with Crippen LogP contribution >= 0.6 is 23.2 Å². The minimum absolute atomic E-state index is 0.0499. The smallest absolute Gasteiger partial charge is 0.267 e. The van der Waals surface area contributed by atoms with Crippen molar-refractivity contribution in [2.45, 2.75) is 11.8 Å². The number of nitrogens with zero attached hydrogens (tertiary/aromatic N) is 2. The first kappa shape index (κ1) is 15.0. The molecule has 9 heteroatoms. The van der Waals surface area contributed by atoms with Crippen molar-refractivity contribution in [2.24, 2.45) is 7.05 Å². The minimum atomic E-state index is -3.84. The van der Waals surface area contributed by atoms with Gasteiger partial charge in [-0.25, -0.2) is 8.42 Å². The zero-order chi connectivity index (χ0) is 15.1. The predicted octanol–water partition coefficient (Wildman–Crippen LogP) is 2.42. The molecule has 0 saturated heterocycles. The predicted molar refractivity (Wildman–Crippen MR) is 79.6 cm³/mol. The molecular weight excluding hydrogens is 323 g/mol. The second-order valence-electron chi connectivity index (χ2n) is 4.16. The zero-order valence-corrected chi connectivity index (χ0v) is 13.0. The summed E-state index contributed by atoms with van der Waals surface area (Å²) in [7, 11) is -2.23. The Bertz CT molecular complexity index is 771. The molecular formula is C11H12Cl2N4O2S. The number of nitrogens with two attached hydrogens (primary N) is 1. The van der Waals surface area contributed by atoms with Gasteiger partial charge in [0.05, 0.1) is 21.4 Å². The molecule has 108 valence electrons. The highest BCUT2D eigenvalue weighted by Crippen LogP contribution is 2.28. The van der Waals surface area contributed by atoms with E-state index in [1.807, 2.05) is 0 Å². The summed E-state index contributed by atoms with van der Waals surface area (Å²) in [6, 6.07) is 4.43. The third kappa shape index (κ3) is 2.70. The van der Waals surface area contributed by atoms with Gasteiger partial charge in [-0.05, 0) is 25.1 Å². The fourth-order valence-corrected chi connectivity index (χ4v) is 3.39. The molecule has 2 rings (SSSR count). The first-order chi connectivity index (χ1) is 9.22. The topological polar surface area (TPSA) is 90.0 Å². The number of hydrogen-bond acceptors (Lipinski definition) is 4. The van der Waals surface area contributed by atoms with Crippen LogP contribution in [0.3, 0.4) is 0 Å². The monoisotopic (exact) mass is 334 g/mol. The van der Waals surface area contributed by atoms with Crippen molar-refractivity contribution in [1.29, 1.82) is 0 Å². The fourth-order valence-electron chi connectivity index (χ4n) is 1.71. The van der Waals surface area contributed by atoms with Crippen LogP contribution in [0.1, 0.15) is 5.69 Å². The molecule has 0 unspecified atom stereocenters. The summed E-state index contributed by atoms with van der Waals surface area (Å²) in [6.07, 6.45) is 0. The summed E-state index contributed by atoms with van der Waals surface area (Å²) in [5.74, 6) is -0.0578. The Kier molecular flexibility index (Phi) is 3.86. The Morgan fingerprint density at radius 1 is 1.30 bits per heavy atom. The van der Waals surface area contributed by atoms with Gasteiger partial charge in [-0.1, -0.05) is 23.2 Å². The van der Waals surface area contributed by atoms with Gasteiger partial charge in [0.15, 0.2) is 10.7 Å². The molecule has 1 aromatic heterocycles. The molecule has 0 amide bonds. The number of nitrogens with one attached hydrogen (secondary N) is 1. The average Bonchev–Trinajstić information content (AvgIpc) is 2.58. The first-order valence-electron chi connectivity index (χ1n) is 5.49. The minimum Gasteiger partial charge on any atom is -0.381 e. The van der Waals surface area contributed by atoms with Crippen LogP contribution in [0.25, 0.3) is 0 Å². The van der Waals surface area contributed by atoms with E-state index < -0.39 is 10.0 Å². The van der Waals surface area contributed by atoms with Crippen LogP contribution in [-0.4, -0.2) is 18.2 Å². The zero-order valence-electron chi connectivity index (χ0n) is 10.7. The van der Waals surface area contributed by atoms with Gasteiger partial charge >= 0.3 is 0 Å². The van der Waals surface area contributed by atoms with Gasteiger partial charge in [0.25, 0.3) is 10.0 Å². The molecule has 0 aliphatic carbocycles. The Labute approximate surface area is 126 Å². The maximum Gasteiger partial charge on any atom is 0.267 e. The third-order valence-corrected chi connectivity index (χ3v) is 5.03. The summed E-state index contributed by atoms with van der Waals surface area (Å²) < 4.78 is 28.5. The van der Waals surface area contributed by atoms with Crippen LogP contribution in [-0.2, 0) is 17.1 Å². The number of nitrogen functional groups attached to an aromatic ring is 1. The van der Waals surface area contributed by atoms with Crippen LogP contribution in [0, 0.1) is 6.92 Å². The Morgan fingerprint density at radius 2 is 1.95 bits per heavy atom. The summed E-state index contributed by atoms with van der Waals surface area (Å²) in [5.41, 5.74) is 6.37. The second-order valence-corrected chi connectivity index (χ2v) is 6.59. The lowest BCUT2D eigenvalue weighted by Gasteiger charge is -2.09. The summed E-state index contributed by atoms with van der Waals surface area (Å²) in [5, 5.41) is 4.47.